The van der Waals surface area contributed by atoms with E-state index in [-0.39, 0.29) is 36.4 Å². The van der Waals surface area contributed by atoms with Gasteiger partial charge in [0.15, 0.2) is 17.5 Å². The molecule has 0 bridgehead atoms. The Morgan fingerprint density at radius 1 is 1.15 bits per heavy atom. The Kier molecular flexibility index (Phi) is 12.6. The minimum Gasteiger partial charge on any atom is -0.493 e. The van der Waals surface area contributed by atoms with E-state index in [2.05, 4.69) is 15.6 Å². The number of carbonyl (C=O) groups is 1. The van der Waals surface area contributed by atoms with E-state index in [1.54, 1.807) is 28.4 Å². The first-order valence-corrected chi connectivity index (χ1v) is 8.35. The first-order chi connectivity index (χ1) is 12.5. The number of methoxy groups -OCH3 is 3. The van der Waals surface area contributed by atoms with E-state index >= 15 is 0 Å². The smallest absolute Gasteiger partial charge is 0.239 e. The molecule has 2 N–H and O–H groups in total. The van der Waals surface area contributed by atoms with Crippen LogP contribution in [0.25, 0.3) is 0 Å². The number of amides is 1. The molecule has 1 aromatic carbocycles. The Morgan fingerprint density at radius 3 is 2.33 bits per heavy atom. The van der Waals surface area contributed by atoms with Gasteiger partial charge in [-0.05, 0) is 30.2 Å². The van der Waals surface area contributed by atoms with Crippen LogP contribution in [0.5, 0.6) is 11.5 Å². The molecule has 8 nitrogen and oxygen atoms in total. The van der Waals surface area contributed by atoms with Crippen LogP contribution in [0, 0.1) is 6.92 Å². The standard InChI is InChI=1S/C18H30N4O4.HI/c1-13-9-15(25-5)16(26-6)10-14(13)12-22(3)18(19-2)21-11-17(23)20-7-8-24-4;/h9-10H,7-8,11-12H2,1-6H3,(H,19,21)(H,20,23);1H. The molecular weight excluding hydrogens is 463 g/mol. The maximum Gasteiger partial charge on any atom is 0.239 e. The maximum absolute atomic E-state index is 11.8. The predicted molar refractivity (Wildman–Crippen MR) is 117 cm³/mol. The summed E-state index contributed by atoms with van der Waals surface area (Å²) in [5, 5.41) is 5.81. The third-order valence-electron chi connectivity index (χ3n) is 3.86. The number of carbonyl (C=O) groups excluding carboxylic acids is 1. The molecule has 154 valence electrons. The number of hydrogen-bond acceptors (Lipinski definition) is 5. The largest absolute Gasteiger partial charge is 0.493 e. The van der Waals surface area contributed by atoms with E-state index in [1.165, 1.54) is 0 Å². The van der Waals surface area contributed by atoms with Gasteiger partial charge in [-0.2, -0.15) is 0 Å². The van der Waals surface area contributed by atoms with Crippen LogP contribution in [0.1, 0.15) is 11.1 Å². The average molecular weight is 494 g/mol. The number of benzene rings is 1. The summed E-state index contributed by atoms with van der Waals surface area (Å²) < 4.78 is 15.6. The second-order valence-electron chi connectivity index (χ2n) is 5.73. The molecule has 0 radical (unpaired) electrons. The zero-order valence-electron chi connectivity index (χ0n) is 16.9. The zero-order valence-corrected chi connectivity index (χ0v) is 19.2. The topological polar surface area (TPSA) is 84.4 Å². The molecule has 0 heterocycles. The lowest BCUT2D eigenvalue weighted by molar-refractivity contribution is -0.120. The quantitative estimate of drug-likeness (QED) is 0.234. The fraction of sp³-hybridized carbons (Fsp3) is 0.556. The molecule has 0 saturated heterocycles. The minimum atomic E-state index is -0.112. The third-order valence-corrected chi connectivity index (χ3v) is 3.86. The van der Waals surface area contributed by atoms with Crippen molar-refractivity contribution in [3.63, 3.8) is 0 Å². The molecule has 0 aromatic heterocycles. The van der Waals surface area contributed by atoms with Gasteiger partial charge in [0.1, 0.15) is 0 Å². The Labute approximate surface area is 178 Å². The van der Waals surface area contributed by atoms with Crippen molar-refractivity contribution in [1.82, 2.24) is 15.5 Å². The van der Waals surface area contributed by atoms with Crippen LogP contribution in [-0.2, 0) is 16.1 Å². The summed E-state index contributed by atoms with van der Waals surface area (Å²) in [7, 11) is 8.42. The van der Waals surface area contributed by atoms with E-state index in [4.69, 9.17) is 14.2 Å². The number of guanidine groups is 1. The SMILES string of the molecule is CN=C(NCC(=O)NCCOC)N(C)Cc1cc(OC)c(OC)cc1C.I. The molecule has 0 aliphatic carbocycles. The van der Waals surface area contributed by atoms with Crippen molar-refractivity contribution < 1.29 is 19.0 Å². The monoisotopic (exact) mass is 494 g/mol. The highest BCUT2D eigenvalue weighted by molar-refractivity contribution is 14.0. The van der Waals surface area contributed by atoms with E-state index in [9.17, 15) is 4.79 Å². The van der Waals surface area contributed by atoms with Gasteiger partial charge in [0, 0.05) is 34.3 Å². The van der Waals surface area contributed by atoms with Crippen molar-refractivity contribution in [2.24, 2.45) is 4.99 Å². The van der Waals surface area contributed by atoms with Gasteiger partial charge in [-0.25, -0.2) is 0 Å². The fourth-order valence-electron chi connectivity index (χ4n) is 2.42. The highest BCUT2D eigenvalue weighted by Crippen LogP contribution is 2.30. The number of rotatable bonds is 9. The molecule has 0 spiro atoms. The number of ether oxygens (including phenoxy) is 3. The van der Waals surface area contributed by atoms with Crippen molar-refractivity contribution in [1.29, 1.82) is 0 Å². The molecule has 0 aliphatic rings. The molecule has 0 fully saturated rings. The molecule has 1 amide bonds. The molecule has 9 heteroatoms. The second kappa shape index (κ2) is 13.4. The number of aryl methyl sites for hydroxylation is 1. The van der Waals surface area contributed by atoms with Gasteiger partial charge in [0.05, 0.1) is 27.4 Å². The lowest BCUT2D eigenvalue weighted by Gasteiger charge is -2.23. The third kappa shape index (κ3) is 8.21. The van der Waals surface area contributed by atoms with Gasteiger partial charge in [0.2, 0.25) is 5.91 Å². The van der Waals surface area contributed by atoms with Crippen molar-refractivity contribution in [2.45, 2.75) is 13.5 Å². The van der Waals surface area contributed by atoms with Gasteiger partial charge >= 0.3 is 0 Å². The number of hydrogen-bond donors (Lipinski definition) is 2. The van der Waals surface area contributed by atoms with Gasteiger partial charge < -0.3 is 29.7 Å². The minimum absolute atomic E-state index is 0. The summed E-state index contributed by atoms with van der Waals surface area (Å²) in [6, 6.07) is 3.90. The molecular formula is C18H31IN4O4. The molecule has 1 aromatic rings. The first-order valence-electron chi connectivity index (χ1n) is 8.35. The number of nitrogens with zero attached hydrogens (tertiary/aromatic N) is 2. The van der Waals surface area contributed by atoms with Crippen molar-refractivity contribution in [2.75, 3.05) is 55.1 Å². The highest BCUT2D eigenvalue weighted by Gasteiger charge is 2.13. The zero-order chi connectivity index (χ0) is 19.5. The average Bonchev–Trinajstić information content (AvgIpc) is 2.63. The van der Waals surface area contributed by atoms with Crippen LogP contribution in [-0.4, -0.2) is 71.9 Å². The summed E-state index contributed by atoms with van der Waals surface area (Å²) in [5.74, 6) is 1.90. The molecule has 0 atom stereocenters. The first kappa shape index (κ1) is 25.2. The van der Waals surface area contributed by atoms with Crippen LogP contribution in [0.3, 0.4) is 0 Å². The normalized spacial score (nSPS) is 10.7. The van der Waals surface area contributed by atoms with E-state index < -0.39 is 0 Å². The Balaban J connectivity index is 0.00000676. The molecule has 0 unspecified atom stereocenters. The predicted octanol–water partition coefficient (Wildman–Crippen LogP) is 1.40. The van der Waals surface area contributed by atoms with Crippen LogP contribution >= 0.6 is 24.0 Å². The Morgan fingerprint density at radius 2 is 1.78 bits per heavy atom. The van der Waals surface area contributed by atoms with Gasteiger partial charge in [0.25, 0.3) is 0 Å². The Hall–Kier alpha value is -1.75. The second-order valence-corrected chi connectivity index (χ2v) is 5.73. The summed E-state index contributed by atoms with van der Waals surface area (Å²) >= 11 is 0. The van der Waals surface area contributed by atoms with Crippen molar-refractivity contribution in [3.05, 3.63) is 23.3 Å². The number of halogens is 1. The molecule has 1 rings (SSSR count). The summed E-state index contributed by atoms with van der Waals surface area (Å²) in [6.45, 7) is 3.74. The lowest BCUT2D eigenvalue weighted by atomic mass is 10.1. The molecule has 0 aliphatic heterocycles. The lowest BCUT2D eigenvalue weighted by Crippen LogP contribution is -2.44. The van der Waals surface area contributed by atoms with Crippen LogP contribution in [0.2, 0.25) is 0 Å². The summed E-state index contributed by atoms with van der Waals surface area (Å²) in [4.78, 5) is 18.0. The highest BCUT2D eigenvalue weighted by atomic mass is 127. The number of nitrogens with one attached hydrogen (secondary N) is 2. The van der Waals surface area contributed by atoms with E-state index in [1.807, 2.05) is 31.0 Å². The summed E-state index contributed by atoms with van der Waals surface area (Å²) in [6.07, 6.45) is 0. The van der Waals surface area contributed by atoms with Gasteiger partial charge in [-0.1, -0.05) is 0 Å². The van der Waals surface area contributed by atoms with Crippen molar-refractivity contribution in [3.8, 4) is 11.5 Å². The summed E-state index contributed by atoms with van der Waals surface area (Å²) in [5.41, 5.74) is 2.17. The Bertz CT molecular complexity index is 626. The van der Waals surface area contributed by atoms with Gasteiger partial charge in [-0.15, -0.1) is 24.0 Å². The van der Waals surface area contributed by atoms with Crippen molar-refractivity contribution >= 4 is 35.8 Å². The van der Waals surface area contributed by atoms with E-state index in [0.717, 1.165) is 11.1 Å². The van der Waals surface area contributed by atoms with E-state index in [0.29, 0.717) is 37.2 Å². The molecule has 27 heavy (non-hydrogen) atoms. The van der Waals surface area contributed by atoms with Crippen LogP contribution < -0.4 is 20.1 Å². The fourth-order valence-corrected chi connectivity index (χ4v) is 2.42. The maximum atomic E-state index is 11.8. The van der Waals surface area contributed by atoms with Crippen LogP contribution in [0.15, 0.2) is 17.1 Å². The van der Waals surface area contributed by atoms with Crippen LogP contribution in [0.4, 0.5) is 0 Å². The van der Waals surface area contributed by atoms with Gasteiger partial charge in [-0.3, -0.25) is 9.79 Å². The number of aliphatic imine (C=N–C) groups is 1. The molecule has 0 saturated carbocycles.